The first-order chi connectivity index (χ1) is 32.7. The van der Waals surface area contributed by atoms with Gasteiger partial charge in [0.25, 0.3) is 0 Å². The molecule has 2 aromatic heterocycles. The lowest BCUT2D eigenvalue weighted by Crippen LogP contribution is -2.09. The molecule has 6 nitrogen and oxygen atoms in total. The van der Waals surface area contributed by atoms with E-state index in [2.05, 4.69) is 221 Å². The van der Waals surface area contributed by atoms with Crippen molar-refractivity contribution in [3.63, 3.8) is 0 Å². The van der Waals surface area contributed by atoms with Gasteiger partial charge in [-0.1, -0.05) is 109 Å². The summed E-state index contributed by atoms with van der Waals surface area (Å²) in [4.78, 5) is 14.4. The first-order valence-electron chi connectivity index (χ1n) is 22.1. The molecule has 0 aliphatic carbocycles. The number of imidazole rings is 1. The maximum absolute atomic E-state index is 6.07. The molecule has 10 aromatic carbocycles. The van der Waals surface area contributed by atoms with E-state index < -0.39 is 0 Å². The number of rotatable bonds is 10. The molecular weight excluding hydrogens is 807 g/mol. The zero-order chi connectivity index (χ0) is 43.8. The molecule has 312 valence electrons. The summed E-state index contributed by atoms with van der Waals surface area (Å²) in [5, 5.41) is 2.34. The number of hydrogen-bond acceptors (Lipinski definition) is 5. The largest absolute Gasteiger partial charge is 0.436 e. The van der Waals surface area contributed by atoms with Crippen LogP contribution < -0.4 is 9.80 Å². The van der Waals surface area contributed by atoms with Crippen molar-refractivity contribution in [1.29, 1.82) is 0 Å². The van der Waals surface area contributed by atoms with Crippen LogP contribution in [0.5, 0.6) is 0 Å². The fraction of sp³-hybridized carbons (Fsp3) is 0. The van der Waals surface area contributed by atoms with E-state index in [1.54, 1.807) is 0 Å². The lowest BCUT2D eigenvalue weighted by molar-refractivity contribution is 0.620. The Morgan fingerprint density at radius 1 is 0.333 bits per heavy atom. The number of fused-ring (bicyclic) bond motifs is 3. The molecule has 0 aliphatic rings. The van der Waals surface area contributed by atoms with Crippen molar-refractivity contribution in [2.45, 2.75) is 0 Å². The number of anilines is 6. The van der Waals surface area contributed by atoms with Crippen molar-refractivity contribution >= 4 is 67.0 Å². The maximum atomic E-state index is 6.07. The van der Waals surface area contributed by atoms with Gasteiger partial charge in [0, 0.05) is 50.9 Å². The van der Waals surface area contributed by atoms with Crippen LogP contribution in [-0.2, 0) is 0 Å². The number of para-hydroxylation sites is 7. The monoisotopic (exact) mass is 847 g/mol. The van der Waals surface area contributed by atoms with Crippen molar-refractivity contribution < 1.29 is 4.42 Å². The van der Waals surface area contributed by atoms with Crippen LogP contribution in [0.4, 0.5) is 34.1 Å². The van der Waals surface area contributed by atoms with Gasteiger partial charge in [0.15, 0.2) is 5.58 Å². The summed E-state index contributed by atoms with van der Waals surface area (Å²) >= 11 is 0. The molecule has 0 amide bonds. The van der Waals surface area contributed by atoms with E-state index in [-0.39, 0.29) is 0 Å². The Bertz CT molecular complexity index is 3590. The van der Waals surface area contributed by atoms with Crippen molar-refractivity contribution in [2.75, 3.05) is 9.80 Å². The van der Waals surface area contributed by atoms with Gasteiger partial charge in [-0.2, -0.15) is 0 Å². The minimum atomic E-state index is 0.613. The molecule has 0 saturated heterocycles. The van der Waals surface area contributed by atoms with Crippen LogP contribution in [0.25, 0.3) is 72.6 Å². The third-order valence-corrected chi connectivity index (χ3v) is 12.2. The quantitative estimate of drug-likeness (QED) is 0.137. The highest BCUT2D eigenvalue weighted by atomic mass is 16.3. The van der Waals surface area contributed by atoms with Gasteiger partial charge in [-0.3, -0.25) is 4.57 Å². The number of nitrogens with zero attached hydrogens (tertiary/aromatic N) is 5. The molecule has 0 saturated carbocycles. The number of aromatic nitrogens is 3. The Balaban J connectivity index is 0.838. The molecule has 0 atom stereocenters. The van der Waals surface area contributed by atoms with E-state index >= 15 is 0 Å². The van der Waals surface area contributed by atoms with E-state index in [0.29, 0.717) is 5.89 Å². The molecular formula is C60H41N5O. The van der Waals surface area contributed by atoms with Crippen molar-refractivity contribution in [1.82, 2.24) is 14.5 Å². The lowest BCUT2D eigenvalue weighted by atomic mass is 10.00. The summed E-state index contributed by atoms with van der Waals surface area (Å²) in [6.07, 6.45) is 0. The lowest BCUT2D eigenvalue weighted by Gasteiger charge is -2.26. The third kappa shape index (κ3) is 7.22. The van der Waals surface area contributed by atoms with Crippen LogP contribution in [0, 0.1) is 0 Å². The van der Waals surface area contributed by atoms with Crippen molar-refractivity contribution in [3.8, 4) is 39.7 Å². The standard InChI is InChI=1S/C60H41N5O/c1-4-14-48(15-5-1)63(52-37-30-44(31-38-52)60-62-56-21-11-13-23-58(56)66-60)51-33-26-42(27-34-51)45-24-25-47-41-54(39-32-46(47)40-45)64(49-16-6-2-7-17-49)53-35-28-43(29-36-53)59-61-55-20-10-12-22-57(55)65(59)50-18-8-3-9-19-50/h1-41H. The molecule has 12 rings (SSSR count). The fourth-order valence-electron chi connectivity index (χ4n) is 8.97. The summed E-state index contributed by atoms with van der Waals surface area (Å²) in [5.74, 6) is 1.52. The summed E-state index contributed by atoms with van der Waals surface area (Å²) in [6.45, 7) is 0. The second kappa shape index (κ2) is 16.6. The van der Waals surface area contributed by atoms with E-state index in [0.717, 1.165) is 90.0 Å². The molecule has 0 aliphatic heterocycles. The Hall–Kier alpha value is -9.00. The van der Waals surface area contributed by atoms with Gasteiger partial charge in [0.2, 0.25) is 5.89 Å². The predicted molar refractivity (Wildman–Crippen MR) is 272 cm³/mol. The molecule has 0 fully saturated rings. The van der Waals surface area contributed by atoms with Crippen molar-refractivity contribution in [2.24, 2.45) is 0 Å². The average Bonchev–Trinajstić information content (AvgIpc) is 4.01. The van der Waals surface area contributed by atoms with Crippen LogP contribution in [0.3, 0.4) is 0 Å². The summed E-state index contributed by atoms with van der Waals surface area (Å²) < 4.78 is 8.31. The van der Waals surface area contributed by atoms with Gasteiger partial charge in [0.1, 0.15) is 11.3 Å². The van der Waals surface area contributed by atoms with Gasteiger partial charge < -0.3 is 14.2 Å². The van der Waals surface area contributed by atoms with Crippen LogP contribution in [0.2, 0.25) is 0 Å². The number of benzene rings is 10. The first kappa shape index (κ1) is 38.7. The smallest absolute Gasteiger partial charge is 0.227 e. The highest BCUT2D eigenvalue weighted by Crippen LogP contribution is 2.40. The Labute approximate surface area is 382 Å². The van der Waals surface area contributed by atoms with Gasteiger partial charge in [-0.25, -0.2) is 9.97 Å². The zero-order valence-corrected chi connectivity index (χ0v) is 35.8. The van der Waals surface area contributed by atoms with Gasteiger partial charge in [-0.15, -0.1) is 0 Å². The minimum Gasteiger partial charge on any atom is -0.436 e. The SMILES string of the molecule is c1ccc(N(c2ccc(-c3ccc4cc(N(c5ccccc5)c5ccc(-c6nc7ccccc7n6-c6ccccc6)cc5)ccc4c3)cc2)c2ccc(-c3nc4ccccc4o3)cc2)cc1. The second-order valence-corrected chi connectivity index (χ2v) is 16.3. The highest BCUT2D eigenvalue weighted by Gasteiger charge is 2.18. The molecule has 66 heavy (non-hydrogen) atoms. The maximum Gasteiger partial charge on any atom is 0.227 e. The van der Waals surface area contributed by atoms with E-state index in [9.17, 15) is 0 Å². The van der Waals surface area contributed by atoms with Crippen LogP contribution in [-0.4, -0.2) is 14.5 Å². The van der Waals surface area contributed by atoms with E-state index in [4.69, 9.17) is 14.4 Å². The minimum absolute atomic E-state index is 0.613. The van der Waals surface area contributed by atoms with E-state index in [1.165, 1.54) is 10.8 Å². The van der Waals surface area contributed by atoms with Crippen LogP contribution in [0.1, 0.15) is 0 Å². The molecule has 0 bridgehead atoms. The number of oxazole rings is 1. The molecule has 0 radical (unpaired) electrons. The molecule has 12 aromatic rings. The topological polar surface area (TPSA) is 50.3 Å². The normalized spacial score (nSPS) is 11.3. The Kier molecular flexibility index (Phi) is 9.73. The molecule has 2 heterocycles. The van der Waals surface area contributed by atoms with Gasteiger partial charge in [0.05, 0.1) is 11.0 Å². The second-order valence-electron chi connectivity index (χ2n) is 16.3. The fourth-order valence-corrected chi connectivity index (χ4v) is 8.97. The highest BCUT2D eigenvalue weighted by molar-refractivity contribution is 5.93. The van der Waals surface area contributed by atoms with Gasteiger partial charge in [-0.05, 0) is 161 Å². The Morgan fingerprint density at radius 3 is 1.45 bits per heavy atom. The zero-order valence-electron chi connectivity index (χ0n) is 35.8. The van der Waals surface area contributed by atoms with Crippen LogP contribution >= 0.6 is 0 Å². The molecule has 6 heteroatoms. The molecule has 0 unspecified atom stereocenters. The van der Waals surface area contributed by atoms with Crippen molar-refractivity contribution in [3.05, 3.63) is 249 Å². The summed E-state index contributed by atoms with van der Waals surface area (Å²) in [5.41, 5.74) is 15.5. The molecule has 0 spiro atoms. The predicted octanol–water partition coefficient (Wildman–Crippen LogP) is 16.3. The summed E-state index contributed by atoms with van der Waals surface area (Å²) in [7, 11) is 0. The molecule has 0 N–H and O–H groups in total. The first-order valence-corrected chi connectivity index (χ1v) is 22.1. The Morgan fingerprint density at radius 2 is 0.803 bits per heavy atom. The van der Waals surface area contributed by atoms with E-state index in [1.807, 2.05) is 42.5 Å². The van der Waals surface area contributed by atoms with Gasteiger partial charge >= 0.3 is 0 Å². The summed E-state index contributed by atoms with van der Waals surface area (Å²) in [6, 6.07) is 87.1. The third-order valence-electron chi connectivity index (χ3n) is 12.2. The average molecular weight is 848 g/mol. The number of hydrogen-bond donors (Lipinski definition) is 0. The van der Waals surface area contributed by atoms with Crippen LogP contribution in [0.15, 0.2) is 253 Å².